The number of esters is 2. The second-order valence-electron chi connectivity index (χ2n) is 8.13. The molecule has 0 saturated heterocycles. The monoisotopic (exact) mass is 502 g/mol. The van der Waals surface area contributed by atoms with E-state index in [-0.39, 0.29) is 30.1 Å². The Morgan fingerprint density at radius 3 is 1.67 bits per heavy atom. The van der Waals surface area contributed by atoms with E-state index in [0.29, 0.717) is 11.1 Å². The number of hydrogen-bond acceptors (Lipinski definition) is 8. The number of amides is 2. The summed E-state index contributed by atoms with van der Waals surface area (Å²) in [5.74, 6) is -2.46. The van der Waals surface area contributed by atoms with Crippen LogP contribution in [0.3, 0.4) is 0 Å². The number of hydrogen-bond donors (Lipinski definition) is 3. The first-order valence-corrected chi connectivity index (χ1v) is 10.7. The fourth-order valence-electron chi connectivity index (χ4n) is 2.56. The third kappa shape index (κ3) is 10.7. The number of alkyl carbamates (subject to hydrolysis) is 1. The maximum atomic E-state index is 12.0. The SMILES string of the molecule is COC(=O)c1cccc(C(=O)NCCNC(=O)OC(C)(C)C)c1.COC(=O)c1cccc(C(=O)O)c1. The second-order valence-corrected chi connectivity index (χ2v) is 8.13. The molecule has 0 bridgehead atoms. The highest BCUT2D eigenvalue weighted by molar-refractivity contribution is 5.98. The lowest BCUT2D eigenvalue weighted by Gasteiger charge is -2.19. The summed E-state index contributed by atoms with van der Waals surface area (Å²) in [5, 5.41) is 13.8. The van der Waals surface area contributed by atoms with Crippen molar-refractivity contribution in [3.8, 4) is 0 Å². The number of ether oxygens (including phenoxy) is 3. The van der Waals surface area contributed by atoms with Crippen LogP contribution < -0.4 is 10.6 Å². The zero-order valence-corrected chi connectivity index (χ0v) is 20.7. The Bertz CT molecular complexity index is 1090. The molecule has 0 radical (unpaired) electrons. The molecule has 0 aliphatic carbocycles. The van der Waals surface area contributed by atoms with E-state index in [2.05, 4.69) is 20.1 Å². The van der Waals surface area contributed by atoms with Gasteiger partial charge in [0.2, 0.25) is 0 Å². The molecule has 2 rings (SSSR count). The topological polar surface area (TPSA) is 157 Å². The Kier molecular flexibility index (Phi) is 11.6. The molecule has 2 aromatic rings. The summed E-state index contributed by atoms with van der Waals surface area (Å²) in [7, 11) is 2.52. The predicted molar refractivity (Wildman–Crippen MR) is 129 cm³/mol. The summed E-state index contributed by atoms with van der Waals surface area (Å²) in [6, 6.07) is 11.9. The van der Waals surface area contributed by atoms with Crippen LogP contribution in [-0.2, 0) is 14.2 Å². The van der Waals surface area contributed by atoms with E-state index in [4.69, 9.17) is 9.84 Å². The molecular weight excluding hydrogens is 472 g/mol. The van der Waals surface area contributed by atoms with Gasteiger partial charge in [0.15, 0.2) is 0 Å². The van der Waals surface area contributed by atoms with Crippen LogP contribution >= 0.6 is 0 Å². The number of carboxylic acids is 1. The fourth-order valence-corrected chi connectivity index (χ4v) is 2.56. The van der Waals surface area contributed by atoms with Crippen LogP contribution in [0.1, 0.15) is 62.2 Å². The normalized spacial score (nSPS) is 10.1. The average molecular weight is 503 g/mol. The standard InChI is InChI=1S/C16H22N2O5.C9H8O4/c1-16(2,3)23-15(21)18-9-8-17-13(19)11-6-5-7-12(10-11)14(20)22-4;1-13-9(12)7-4-2-3-6(5-7)8(10)11/h5-7,10H,8-9H2,1-4H3,(H,17,19)(H,18,21);2-5H,1H3,(H,10,11). The van der Waals surface area contributed by atoms with Crippen molar-refractivity contribution in [1.29, 1.82) is 0 Å². The minimum atomic E-state index is -1.06. The van der Waals surface area contributed by atoms with E-state index in [1.807, 2.05) is 0 Å². The molecule has 0 fully saturated rings. The Morgan fingerprint density at radius 1 is 0.750 bits per heavy atom. The van der Waals surface area contributed by atoms with Crippen LogP contribution in [0.25, 0.3) is 0 Å². The zero-order valence-electron chi connectivity index (χ0n) is 20.7. The lowest BCUT2D eigenvalue weighted by Crippen LogP contribution is -2.37. The number of nitrogens with one attached hydrogen (secondary N) is 2. The second kappa shape index (κ2) is 14.1. The van der Waals surface area contributed by atoms with Crippen molar-refractivity contribution in [3.63, 3.8) is 0 Å². The number of carbonyl (C=O) groups excluding carboxylic acids is 4. The van der Waals surface area contributed by atoms with Crippen molar-refractivity contribution in [2.75, 3.05) is 27.3 Å². The molecule has 0 aliphatic heterocycles. The van der Waals surface area contributed by atoms with Gasteiger partial charge in [0.25, 0.3) is 5.91 Å². The molecule has 11 nitrogen and oxygen atoms in total. The van der Waals surface area contributed by atoms with Gasteiger partial charge in [-0.15, -0.1) is 0 Å². The molecule has 0 heterocycles. The minimum Gasteiger partial charge on any atom is -0.478 e. The lowest BCUT2D eigenvalue weighted by atomic mass is 10.1. The Morgan fingerprint density at radius 2 is 1.19 bits per heavy atom. The van der Waals surface area contributed by atoms with Crippen molar-refractivity contribution < 1.29 is 43.3 Å². The van der Waals surface area contributed by atoms with E-state index >= 15 is 0 Å². The van der Waals surface area contributed by atoms with Crippen LogP contribution in [0.5, 0.6) is 0 Å². The minimum absolute atomic E-state index is 0.0721. The van der Waals surface area contributed by atoms with Crippen LogP contribution in [0.15, 0.2) is 48.5 Å². The number of benzene rings is 2. The summed E-state index contributed by atoms with van der Waals surface area (Å²) in [5.41, 5.74) is 0.379. The maximum absolute atomic E-state index is 12.0. The molecule has 0 aromatic heterocycles. The zero-order chi connectivity index (χ0) is 27.3. The molecule has 0 aliphatic rings. The van der Waals surface area contributed by atoms with Gasteiger partial charge in [0.1, 0.15) is 5.60 Å². The van der Waals surface area contributed by atoms with E-state index in [1.54, 1.807) is 39.0 Å². The molecule has 2 aromatic carbocycles. The van der Waals surface area contributed by atoms with Crippen LogP contribution in [0.2, 0.25) is 0 Å². The van der Waals surface area contributed by atoms with Gasteiger partial charge in [-0.05, 0) is 57.2 Å². The lowest BCUT2D eigenvalue weighted by molar-refractivity contribution is 0.0524. The molecule has 36 heavy (non-hydrogen) atoms. The van der Waals surface area contributed by atoms with Gasteiger partial charge in [-0.25, -0.2) is 19.2 Å². The van der Waals surface area contributed by atoms with Gasteiger partial charge >= 0.3 is 24.0 Å². The summed E-state index contributed by atoms with van der Waals surface area (Å²) in [6.07, 6.45) is -0.542. The van der Waals surface area contributed by atoms with Crippen LogP contribution in [0.4, 0.5) is 4.79 Å². The highest BCUT2D eigenvalue weighted by Crippen LogP contribution is 2.08. The summed E-state index contributed by atoms with van der Waals surface area (Å²) in [6.45, 7) is 5.77. The average Bonchev–Trinajstić information content (AvgIpc) is 2.85. The van der Waals surface area contributed by atoms with Crippen molar-refractivity contribution >= 4 is 29.9 Å². The number of carboxylic acid groups (broad SMARTS) is 1. The van der Waals surface area contributed by atoms with Crippen LogP contribution in [0, 0.1) is 0 Å². The third-order valence-electron chi connectivity index (χ3n) is 4.16. The molecule has 3 N–H and O–H groups in total. The van der Waals surface area contributed by atoms with Gasteiger partial charge in [0.05, 0.1) is 30.9 Å². The van der Waals surface area contributed by atoms with Gasteiger partial charge in [-0.3, -0.25) is 4.79 Å². The van der Waals surface area contributed by atoms with E-state index in [9.17, 15) is 24.0 Å². The summed E-state index contributed by atoms with van der Waals surface area (Å²) >= 11 is 0. The van der Waals surface area contributed by atoms with Gasteiger partial charge in [-0.2, -0.15) is 0 Å². The van der Waals surface area contributed by atoms with E-state index in [1.165, 1.54) is 44.6 Å². The smallest absolute Gasteiger partial charge is 0.407 e. The predicted octanol–water partition coefficient (Wildman–Crippen LogP) is 2.90. The molecule has 0 spiro atoms. The number of aromatic carboxylic acids is 1. The molecule has 11 heteroatoms. The molecule has 2 amide bonds. The van der Waals surface area contributed by atoms with Gasteiger partial charge in [0, 0.05) is 18.7 Å². The Hall–Kier alpha value is -4.41. The maximum Gasteiger partial charge on any atom is 0.407 e. The van der Waals surface area contributed by atoms with Crippen molar-refractivity contribution in [1.82, 2.24) is 10.6 Å². The summed E-state index contributed by atoms with van der Waals surface area (Å²) < 4.78 is 14.1. The highest BCUT2D eigenvalue weighted by atomic mass is 16.6. The first-order chi connectivity index (χ1) is 16.9. The molecule has 0 saturated carbocycles. The van der Waals surface area contributed by atoms with E-state index in [0.717, 1.165) is 0 Å². The first kappa shape index (κ1) is 29.6. The Balaban J connectivity index is 0.000000420. The number of carbonyl (C=O) groups is 5. The van der Waals surface area contributed by atoms with Crippen LogP contribution in [-0.4, -0.2) is 67.9 Å². The fraction of sp³-hybridized carbons (Fsp3) is 0.320. The molecule has 0 atom stereocenters. The van der Waals surface area contributed by atoms with Gasteiger partial charge in [-0.1, -0.05) is 12.1 Å². The van der Waals surface area contributed by atoms with E-state index < -0.39 is 29.6 Å². The molecule has 194 valence electrons. The van der Waals surface area contributed by atoms with Crippen molar-refractivity contribution in [2.24, 2.45) is 0 Å². The highest BCUT2D eigenvalue weighted by Gasteiger charge is 2.16. The Labute approximate surface area is 208 Å². The largest absolute Gasteiger partial charge is 0.478 e. The molecule has 0 unspecified atom stereocenters. The third-order valence-corrected chi connectivity index (χ3v) is 4.16. The first-order valence-electron chi connectivity index (χ1n) is 10.7. The summed E-state index contributed by atoms with van der Waals surface area (Å²) in [4.78, 5) is 56.3. The van der Waals surface area contributed by atoms with Crippen molar-refractivity contribution in [3.05, 3.63) is 70.8 Å². The van der Waals surface area contributed by atoms with Crippen molar-refractivity contribution in [2.45, 2.75) is 26.4 Å². The molecular formula is C25H30N2O9. The number of methoxy groups -OCH3 is 2. The number of rotatable bonds is 7. The quantitative estimate of drug-likeness (QED) is 0.294. The van der Waals surface area contributed by atoms with Gasteiger partial charge < -0.3 is 30.0 Å².